The number of fused-ring (bicyclic) bond motifs is 1. The topological polar surface area (TPSA) is 98.8 Å². The van der Waals surface area contributed by atoms with Gasteiger partial charge in [-0.05, 0) is 31.4 Å². The van der Waals surface area contributed by atoms with Crippen LogP contribution >= 0.6 is 0 Å². The molecule has 1 aliphatic rings. The standard InChI is InChI=1S/C14H16N4O4/c19-14-12(18(20)21)13(15-7-6-10-4-3-9-22-10)16-11-5-1-2-8-17(11)14/h1-2,5,8,10,15H,3-4,6-7,9H2/t10-/m0/s1. The van der Waals surface area contributed by atoms with E-state index in [9.17, 15) is 14.9 Å². The average molecular weight is 304 g/mol. The maximum atomic E-state index is 12.2. The minimum atomic E-state index is -0.691. The van der Waals surface area contributed by atoms with Crippen LogP contribution in [0, 0.1) is 10.1 Å². The predicted molar refractivity (Wildman–Crippen MR) is 80.2 cm³/mol. The minimum Gasteiger partial charge on any atom is -0.378 e. The SMILES string of the molecule is O=c1c([N+](=O)[O-])c(NCC[C@@H]2CCCO2)nc2ccccn12. The molecule has 2 aromatic heterocycles. The molecule has 1 N–H and O–H groups in total. The number of pyridine rings is 1. The van der Waals surface area contributed by atoms with Crippen LogP contribution in [0.25, 0.3) is 5.65 Å². The van der Waals surface area contributed by atoms with E-state index in [4.69, 9.17) is 4.74 Å². The molecule has 3 heterocycles. The lowest BCUT2D eigenvalue weighted by Gasteiger charge is -2.11. The van der Waals surface area contributed by atoms with Crippen LogP contribution in [0.15, 0.2) is 29.2 Å². The number of nitrogens with zero attached hydrogens (tertiary/aromatic N) is 3. The predicted octanol–water partition coefficient (Wildman–Crippen LogP) is 1.58. The fourth-order valence-electron chi connectivity index (χ4n) is 2.59. The molecule has 0 radical (unpaired) electrons. The van der Waals surface area contributed by atoms with Gasteiger partial charge in [-0.15, -0.1) is 0 Å². The van der Waals surface area contributed by atoms with Crippen LogP contribution < -0.4 is 10.9 Å². The highest BCUT2D eigenvalue weighted by Crippen LogP contribution is 2.19. The van der Waals surface area contributed by atoms with Crippen LogP contribution in [-0.2, 0) is 4.74 Å². The summed E-state index contributed by atoms with van der Waals surface area (Å²) < 4.78 is 6.67. The van der Waals surface area contributed by atoms with Crippen molar-refractivity contribution in [3.63, 3.8) is 0 Å². The van der Waals surface area contributed by atoms with Gasteiger partial charge < -0.3 is 10.1 Å². The van der Waals surface area contributed by atoms with Gasteiger partial charge in [-0.25, -0.2) is 4.98 Å². The van der Waals surface area contributed by atoms with Gasteiger partial charge in [0.2, 0.25) is 5.82 Å². The Kier molecular flexibility index (Phi) is 4.01. The molecule has 0 aliphatic carbocycles. The molecule has 0 spiro atoms. The van der Waals surface area contributed by atoms with Crippen LogP contribution in [0.2, 0.25) is 0 Å². The number of anilines is 1. The van der Waals surface area contributed by atoms with Gasteiger partial charge in [0.1, 0.15) is 5.65 Å². The maximum absolute atomic E-state index is 12.2. The Morgan fingerprint density at radius 3 is 3.09 bits per heavy atom. The van der Waals surface area contributed by atoms with Crippen molar-refractivity contribution in [2.24, 2.45) is 0 Å². The normalized spacial score (nSPS) is 17.7. The van der Waals surface area contributed by atoms with Crippen molar-refractivity contribution < 1.29 is 9.66 Å². The Bertz CT molecular complexity index is 752. The summed E-state index contributed by atoms with van der Waals surface area (Å²) in [7, 11) is 0. The fraction of sp³-hybridized carbons (Fsp3) is 0.429. The smallest absolute Gasteiger partial charge is 0.376 e. The quantitative estimate of drug-likeness (QED) is 0.665. The van der Waals surface area contributed by atoms with Crippen molar-refractivity contribution in [2.75, 3.05) is 18.5 Å². The van der Waals surface area contributed by atoms with Crippen molar-refractivity contribution in [1.29, 1.82) is 0 Å². The second-order valence-electron chi connectivity index (χ2n) is 5.15. The minimum absolute atomic E-state index is 0.0131. The van der Waals surface area contributed by atoms with E-state index >= 15 is 0 Å². The molecule has 8 heteroatoms. The van der Waals surface area contributed by atoms with Gasteiger partial charge in [0.15, 0.2) is 0 Å². The molecule has 1 aliphatic heterocycles. The molecule has 0 bridgehead atoms. The molecule has 0 aromatic carbocycles. The van der Waals surface area contributed by atoms with Crippen molar-refractivity contribution in [3.05, 3.63) is 44.9 Å². The summed E-state index contributed by atoms with van der Waals surface area (Å²) in [5.74, 6) is 0.0131. The van der Waals surface area contributed by atoms with Gasteiger partial charge in [0.05, 0.1) is 11.0 Å². The summed E-state index contributed by atoms with van der Waals surface area (Å²) in [6.45, 7) is 1.24. The Labute approximate surface area is 125 Å². The summed E-state index contributed by atoms with van der Waals surface area (Å²) in [4.78, 5) is 26.9. The second kappa shape index (κ2) is 6.10. The van der Waals surface area contributed by atoms with Crippen LogP contribution in [0.1, 0.15) is 19.3 Å². The lowest BCUT2D eigenvalue weighted by molar-refractivity contribution is -0.385. The molecule has 1 saturated heterocycles. The Balaban J connectivity index is 1.88. The lowest BCUT2D eigenvalue weighted by atomic mass is 10.2. The van der Waals surface area contributed by atoms with E-state index in [0.717, 1.165) is 25.9 Å². The molecule has 0 unspecified atom stereocenters. The Morgan fingerprint density at radius 1 is 1.50 bits per heavy atom. The van der Waals surface area contributed by atoms with Gasteiger partial charge >= 0.3 is 11.2 Å². The van der Waals surface area contributed by atoms with E-state index in [2.05, 4.69) is 10.3 Å². The van der Waals surface area contributed by atoms with E-state index in [1.807, 2.05) is 0 Å². The van der Waals surface area contributed by atoms with Gasteiger partial charge in [-0.2, -0.15) is 0 Å². The van der Waals surface area contributed by atoms with E-state index in [-0.39, 0.29) is 11.9 Å². The first-order valence-corrected chi connectivity index (χ1v) is 7.18. The highest BCUT2D eigenvalue weighted by atomic mass is 16.6. The van der Waals surface area contributed by atoms with E-state index < -0.39 is 16.2 Å². The summed E-state index contributed by atoms with van der Waals surface area (Å²) >= 11 is 0. The molecule has 0 saturated carbocycles. The van der Waals surface area contributed by atoms with Gasteiger partial charge in [-0.3, -0.25) is 19.3 Å². The number of rotatable bonds is 5. The average Bonchev–Trinajstić information content (AvgIpc) is 3.00. The molecule has 3 rings (SSSR count). The zero-order chi connectivity index (χ0) is 15.5. The van der Waals surface area contributed by atoms with Gasteiger partial charge in [0, 0.05) is 19.3 Å². The van der Waals surface area contributed by atoms with E-state index in [1.165, 1.54) is 10.6 Å². The number of hydrogen-bond acceptors (Lipinski definition) is 6. The summed E-state index contributed by atoms with van der Waals surface area (Å²) in [5, 5.41) is 14.1. The van der Waals surface area contributed by atoms with Crippen molar-refractivity contribution in [3.8, 4) is 0 Å². The van der Waals surface area contributed by atoms with Crippen molar-refractivity contribution in [1.82, 2.24) is 9.38 Å². The van der Waals surface area contributed by atoms with Crippen molar-refractivity contribution in [2.45, 2.75) is 25.4 Å². The maximum Gasteiger partial charge on any atom is 0.376 e. The van der Waals surface area contributed by atoms with Crippen molar-refractivity contribution >= 4 is 17.2 Å². The summed E-state index contributed by atoms with van der Waals surface area (Å²) in [5.41, 5.74) is -0.844. The third kappa shape index (κ3) is 2.77. The monoisotopic (exact) mass is 304 g/mol. The molecular weight excluding hydrogens is 288 g/mol. The number of nitro groups is 1. The molecule has 1 atom stereocenters. The highest BCUT2D eigenvalue weighted by Gasteiger charge is 2.23. The molecule has 1 fully saturated rings. The van der Waals surface area contributed by atoms with E-state index in [1.54, 1.807) is 18.2 Å². The molecule has 0 amide bonds. The molecule has 8 nitrogen and oxygen atoms in total. The lowest BCUT2D eigenvalue weighted by Crippen LogP contribution is -2.22. The molecular formula is C14H16N4O4. The molecule has 2 aromatic rings. The van der Waals surface area contributed by atoms with Crippen LogP contribution in [0.5, 0.6) is 0 Å². The van der Waals surface area contributed by atoms with E-state index in [0.29, 0.717) is 12.2 Å². The highest BCUT2D eigenvalue weighted by molar-refractivity contribution is 5.59. The number of aromatic nitrogens is 2. The second-order valence-corrected chi connectivity index (χ2v) is 5.15. The van der Waals surface area contributed by atoms with Gasteiger partial charge in [0.25, 0.3) is 0 Å². The molecule has 116 valence electrons. The summed E-state index contributed by atoms with van der Waals surface area (Å²) in [6, 6.07) is 4.99. The van der Waals surface area contributed by atoms with Crippen LogP contribution in [-0.4, -0.2) is 33.6 Å². The molecule has 22 heavy (non-hydrogen) atoms. The third-order valence-electron chi connectivity index (χ3n) is 3.68. The third-order valence-corrected chi connectivity index (χ3v) is 3.68. The first-order chi connectivity index (χ1) is 10.7. The number of nitrogens with one attached hydrogen (secondary N) is 1. The number of hydrogen-bond donors (Lipinski definition) is 1. The zero-order valence-corrected chi connectivity index (χ0v) is 11.9. The number of ether oxygens (including phenoxy) is 1. The van der Waals surface area contributed by atoms with Gasteiger partial charge in [-0.1, -0.05) is 6.07 Å². The largest absolute Gasteiger partial charge is 0.378 e. The Morgan fingerprint density at radius 2 is 2.36 bits per heavy atom. The van der Waals surface area contributed by atoms with Crippen LogP contribution in [0.4, 0.5) is 11.5 Å². The first kappa shape index (κ1) is 14.5. The zero-order valence-electron chi connectivity index (χ0n) is 11.9. The summed E-state index contributed by atoms with van der Waals surface area (Å²) in [6.07, 6.45) is 4.41. The Hall–Kier alpha value is -2.48. The first-order valence-electron chi connectivity index (χ1n) is 7.18. The fourth-order valence-corrected chi connectivity index (χ4v) is 2.59. The van der Waals surface area contributed by atoms with Crippen LogP contribution in [0.3, 0.4) is 0 Å².